The molecule has 1 N–H and O–H groups in total. The van der Waals surface area contributed by atoms with Gasteiger partial charge in [0.2, 0.25) is 0 Å². The van der Waals surface area contributed by atoms with Gasteiger partial charge >= 0.3 is 6.09 Å². The van der Waals surface area contributed by atoms with Gasteiger partial charge in [-0.25, -0.2) is 9.18 Å². The Hall–Kier alpha value is -2.83. The molecule has 2 aromatic rings. The molecule has 136 valence electrons. The second kappa shape index (κ2) is 6.48. The summed E-state index contributed by atoms with van der Waals surface area (Å²) < 4.78 is 18.2. The standard InChI is InChI=1S/C19H20FN3O3/c1-18(2,3)26-17(25)23-13-5-6-14(21-11-13)16(24)19(8-9-19)15-7-4-12(20)10-22-15/h4-7,10-11H,8-9H2,1-3H3,(H,23,25). The molecular formula is C19H20FN3O3. The van der Waals surface area contributed by atoms with E-state index in [-0.39, 0.29) is 11.5 Å². The number of amides is 1. The fourth-order valence-corrected chi connectivity index (χ4v) is 2.65. The molecule has 1 saturated carbocycles. The Kier molecular flexibility index (Phi) is 4.48. The first-order valence-corrected chi connectivity index (χ1v) is 8.32. The van der Waals surface area contributed by atoms with Gasteiger partial charge in [0.15, 0.2) is 5.78 Å². The van der Waals surface area contributed by atoms with Gasteiger partial charge in [-0.3, -0.25) is 20.1 Å². The summed E-state index contributed by atoms with van der Waals surface area (Å²) in [6.45, 7) is 5.31. The van der Waals surface area contributed by atoms with Crippen LogP contribution in [-0.4, -0.2) is 27.4 Å². The number of aromatic nitrogens is 2. The van der Waals surface area contributed by atoms with Gasteiger partial charge in [-0.05, 0) is 57.9 Å². The van der Waals surface area contributed by atoms with Crippen LogP contribution < -0.4 is 5.32 Å². The molecule has 0 aliphatic heterocycles. The lowest BCUT2D eigenvalue weighted by atomic mass is 9.93. The predicted molar refractivity (Wildman–Crippen MR) is 93.5 cm³/mol. The zero-order valence-electron chi connectivity index (χ0n) is 14.9. The Morgan fingerprint density at radius 3 is 2.35 bits per heavy atom. The number of hydrogen-bond donors (Lipinski definition) is 1. The van der Waals surface area contributed by atoms with E-state index in [4.69, 9.17) is 4.74 Å². The van der Waals surface area contributed by atoms with Gasteiger partial charge in [-0.1, -0.05) is 0 Å². The molecular weight excluding hydrogens is 337 g/mol. The molecule has 0 unspecified atom stereocenters. The highest BCUT2D eigenvalue weighted by molar-refractivity contribution is 6.04. The van der Waals surface area contributed by atoms with E-state index in [1.165, 1.54) is 12.3 Å². The molecule has 6 nitrogen and oxygen atoms in total. The minimum absolute atomic E-state index is 0.152. The van der Waals surface area contributed by atoms with Gasteiger partial charge < -0.3 is 4.74 Å². The smallest absolute Gasteiger partial charge is 0.412 e. The van der Waals surface area contributed by atoms with Crippen LogP contribution in [0, 0.1) is 5.82 Å². The third kappa shape index (κ3) is 3.87. The van der Waals surface area contributed by atoms with Crippen LogP contribution in [-0.2, 0) is 10.2 Å². The van der Waals surface area contributed by atoms with E-state index in [0.29, 0.717) is 24.2 Å². The van der Waals surface area contributed by atoms with E-state index >= 15 is 0 Å². The summed E-state index contributed by atoms with van der Waals surface area (Å²) in [5.41, 5.74) is -0.0556. The first-order chi connectivity index (χ1) is 12.2. The molecule has 0 saturated heterocycles. The quantitative estimate of drug-likeness (QED) is 0.840. The minimum Gasteiger partial charge on any atom is -0.444 e. The SMILES string of the molecule is CC(C)(C)OC(=O)Nc1ccc(C(=O)C2(c3ccc(F)cn3)CC2)nc1. The number of Topliss-reactive ketones (excluding diaryl/α,β-unsaturated/α-hetero) is 1. The average molecular weight is 357 g/mol. The summed E-state index contributed by atoms with van der Waals surface area (Å²) in [7, 11) is 0. The first kappa shape index (κ1) is 18.0. The van der Waals surface area contributed by atoms with Crippen molar-refractivity contribution < 1.29 is 18.7 Å². The lowest BCUT2D eigenvalue weighted by Gasteiger charge is -2.19. The Morgan fingerprint density at radius 2 is 1.85 bits per heavy atom. The number of ether oxygens (including phenoxy) is 1. The molecule has 1 amide bonds. The third-order valence-corrected chi connectivity index (χ3v) is 4.04. The predicted octanol–water partition coefficient (Wildman–Crippen LogP) is 3.88. The van der Waals surface area contributed by atoms with Crippen molar-refractivity contribution in [3.63, 3.8) is 0 Å². The molecule has 1 aliphatic carbocycles. The van der Waals surface area contributed by atoms with Crippen LogP contribution in [0.3, 0.4) is 0 Å². The number of nitrogens with zero attached hydrogens (tertiary/aromatic N) is 2. The molecule has 1 fully saturated rings. The van der Waals surface area contributed by atoms with E-state index in [0.717, 1.165) is 6.20 Å². The molecule has 0 aromatic carbocycles. The summed E-state index contributed by atoms with van der Waals surface area (Å²) in [6.07, 6.45) is 3.25. The van der Waals surface area contributed by atoms with Gasteiger partial charge in [0.25, 0.3) is 0 Å². The number of pyridine rings is 2. The molecule has 3 rings (SSSR count). The topological polar surface area (TPSA) is 81.2 Å². The van der Waals surface area contributed by atoms with E-state index in [9.17, 15) is 14.0 Å². The number of carbonyl (C=O) groups excluding carboxylic acids is 2. The van der Waals surface area contributed by atoms with Crippen molar-refractivity contribution in [3.8, 4) is 0 Å². The highest BCUT2D eigenvalue weighted by atomic mass is 19.1. The second-order valence-corrected chi connectivity index (χ2v) is 7.33. The number of carbonyl (C=O) groups is 2. The summed E-state index contributed by atoms with van der Waals surface area (Å²) in [5, 5.41) is 2.57. The number of anilines is 1. The summed E-state index contributed by atoms with van der Waals surface area (Å²) in [4.78, 5) is 32.8. The van der Waals surface area contributed by atoms with Crippen molar-refractivity contribution in [1.29, 1.82) is 0 Å². The van der Waals surface area contributed by atoms with Crippen molar-refractivity contribution >= 4 is 17.6 Å². The van der Waals surface area contributed by atoms with Gasteiger partial charge in [0, 0.05) is 0 Å². The maximum atomic E-state index is 13.1. The monoisotopic (exact) mass is 357 g/mol. The summed E-state index contributed by atoms with van der Waals surface area (Å²) in [6, 6.07) is 5.99. The van der Waals surface area contributed by atoms with Crippen LogP contribution in [0.15, 0.2) is 36.7 Å². The zero-order valence-corrected chi connectivity index (χ0v) is 14.9. The lowest BCUT2D eigenvalue weighted by Crippen LogP contribution is -2.27. The van der Waals surface area contributed by atoms with Crippen molar-refractivity contribution in [3.05, 3.63) is 53.9 Å². The maximum absolute atomic E-state index is 13.1. The number of hydrogen-bond acceptors (Lipinski definition) is 5. The summed E-state index contributed by atoms with van der Waals surface area (Å²) in [5.74, 6) is -0.590. The fraction of sp³-hybridized carbons (Fsp3) is 0.368. The second-order valence-electron chi connectivity index (χ2n) is 7.33. The van der Waals surface area contributed by atoms with Crippen LogP contribution >= 0.6 is 0 Å². The third-order valence-electron chi connectivity index (χ3n) is 4.04. The largest absolute Gasteiger partial charge is 0.444 e. The van der Waals surface area contributed by atoms with Crippen LogP contribution in [0.25, 0.3) is 0 Å². The first-order valence-electron chi connectivity index (χ1n) is 8.32. The molecule has 1 aliphatic rings. The van der Waals surface area contributed by atoms with Crippen molar-refractivity contribution in [2.45, 2.75) is 44.6 Å². The zero-order chi connectivity index (χ0) is 18.9. The Labute approximate surface area is 150 Å². The Balaban J connectivity index is 1.71. The molecule has 0 atom stereocenters. The minimum atomic E-state index is -0.721. The molecule has 0 spiro atoms. The van der Waals surface area contributed by atoms with Crippen LogP contribution in [0.2, 0.25) is 0 Å². The Bertz CT molecular complexity index is 823. The van der Waals surface area contributed by atoms with Crippen molar-refractivity contribution in [2.24, 2.45) is 0 Å². The molecule has 26 heavy (non-hydrogen) atoms. The van der Waals surface area contributed by atoms with Crippen LogP contribution in [0.4, 0.5) is 14.9 Å². The van der Waals surface area contributed by atoms with Gasteiger partial charge in [0.1, 0.15) is 17.1 Å². The van der Waals surface area contributed by atoms with E-state index in [1.54, 1.807) is 39.0 Å². The van der Waals surface area contributed by atoms with Crippen molar-refractivity contribution in [2.75, 3.05) is 5.32 Å². The fourth-order valence-electron chi connectivity index (χ4n) is 2.65. The van der Waals surface area contributed by atoms with Gasteiger partial charge in [-0.15, -0.1) is 0 Å². The van der Waals surface area contributed by atoms with Gasteiger partial charge in [0.05, 0.1) is 29.2 Å². The number of halogens is 1. The Morgan fingerprint density at radius 1 is 1.12 bits per heavy atom. The van der Waals surface area contributed by atoms with E-state index in [2.05, 4.69) is 15.3 Å². The maximum Gasteiger partial charge on any atom is 0.412 e. The molecule has 0 bridgehead atoms. The highest BCUT2D eigenvalue weighted by Crippen LogP contribution is 2.49. The number of nitrogens with one attached hydrogen (secondary N) is 1. The van der Waals surface area contributed by atoms with E-state index in [1.807, 2.05) is 0 Å². The average Bonchev–Trinajstić information content (AvgIpc) is 3.35. The van der Waals surface area contributed by atoms with Crippen LogP contribution in [0.1, 0.15) is 49.8 Å². The van der Waals surface area contributed by atoms with Gasteiger partial charge in [-0.2, -0.15) is 0 Å². The molecule has 2 heterocycles. The number of rotatable bonds is 4. The lowest BCUT2D eigenvalue weighted by molar-refractivity contribution is 0.0635. The number of ketones is 1. The normalized spacial score (nSPS) is 15.2. The molecule has 7 heteroatoms. The van der Waals surface area contributed by atoms with Crippen molar-refractivity contribution in [1.82, 2.24) is 9.97 Å². The molecule has 0 radical (unpaired) electrons. The summed E-state index contributed by atoms with van der Waals surface area (Å²) >= 11 is 0. The van der Waals surface area contributed by atoms with E-state index < -0.39 is 22.9 Å². The van der Waals surface area contributed by atoms with Crippen LogP contribution in [0.5, 0.6) is 0 Å². The molecule has 2 aromatic heterocycles. The highest BCUT2D eigenvalue weighted by Gasteiger charge is 2.53.